The van der Waals surface area contributed by atoms with E-state index in [-0.39, 0.29) is 0 Å². The van der Waals surface area contributed by atoms with Gasteiger partial charge in [-0.25, -0.2) is 9.97 Å². The van der Waals surface area contributed by atoms with Crippen molar-refractivity contribution in [2.24, 2.45) is 0 Å². The van der Waals surface area contributed by atoms with Crippen LogP contribution in [-0.4, -0.2) is 18.9 Å². The predicted octanol–water partition coefficient (Wildman–Crippen LogP) is 2.75. The first-order chi connectivity index (χ1) is 8.42. The van der Waals surface area contributed by atoms with Crippen LogP contribution in [0, 0.1) is 0 Å². The van der Waals surface area contributed by atoms with Crippen molar-refractivity contribution in [1.29, 1.82) is 0 Å². The molecule has 1 aliphatic carbocycles. The van der Waals surface area contributed by atoms with Crippen LogP contribution in [0.4, 0.5) is 0 Å². The lowest BCUT2D eigenvalue weighted by atomic mass is 10.3. The summed E-state index contributed by atoms with van der Waals surface area (Å²) < 4.78 is 6.44. The van der Waals surface area contributed by atoms with E-state index in [9.17, 15) is 0 Å². The molecule has 2 aromatic heterocycles. The smallest absolute Gasteiger partial charge is 0.215 e. The van der Waals surface area contributed by atoms with E-state index in [2.05, 4.69) is 20.4 Å². The Balaban J connectivity index is 1.86. The third kappa shape index (κ3) is 1.46. The molecule has 1 fully saturated rings. The Bertz CT molecular complexity index is 680. The van der Waals surface area contributed by atoms with Crippen LogP contribution in [0.2, 0.25) is 0 Å². The summed E-state index contributed by atoms with van der Waals surface area (Å²) in [6.45, 7) is 0. The van der Waals surface area contributed by atoms with Gasteiger partial charge in [-0.05, 0) is 25.0 Å². The van der Waals surface area contributed by atoms with E-state index < -0.39 is 0 Å². The molecular formula is C12H10N4S. The molecule has 0 saturated heterocycles. The highest BCUT2D eigenvalue weighted by Gasteiger charge is 2.28. The molecule has 0 unspecified atom stereocenters. The van der Waals surface area contributed by atoms with E-state index >= 15 is 0 Å². The minimum absolute atomic E-state index is 0.606. The number of hydrogen-bond donors (Lipinski definition) is 0. The summed E-state index contributed by atoms with van der Waals surface area (Å²) in [6.07, 6.45) is 4.30. The van der Waals surface area contributed by atoms with Crippen molar-refractivity contribution in [2.45, 2.75) is 18.8 Å². The SMILES string of the molecule is c1ccc2c(c1)ncn2-c1nc(C2CC2)ns1. The molecule has 0 atom stereocenters. The third-order valence-corrected chi connectivity index (χ3v) is 3.76. The summed E-state index contributed by atoms with van der Waals surface area (Å²) in [5.74, 6) is 1.61. The van der Waals surface area contributed by atoms with Crippen LogP contribution in [0.1, 0.15) is 24.6 Å². The van der Waals surface area contributed by atoms with Gasteiger partial charge in [-0.2, -0.15) is 4.37 Å². The lowest BCUT2D eigenvalue weighted by Crippen LogP contribution is -1.91. The van der Waals surface area contributed by atoms with Crippen molar-refractivity contribution in [3.63, 3.8) is 0 Å². The van der Waals surface area contributed by atoms with Crippen molar-refractivity contribution in [3.8, 4) is 5.13 Å². The number of benzene rings is 1. The molecule has 0 amide bonds. The molecule has 17 heavy (non-hydrogen) atoms. The number of imidazole rings is 1. The second-order valence-electron chi connectivity index (χ2n) is 4.31. The zero-order chi connectivity index (χ0) is 11.2. The Labute approximate surface area is 102 Å². The molecule has 4 nitrogen and oxygen atoms in total. The summed E-state index contributed by atoms with van der Waals surface area (Å²) in [5, 5.41) is 0.917. The number of para-hydroxylation sites is 2. The van der Waals surface area contributed by atoms with Crippen molar-refractivity contribution < 1.29 is 0 Å². The zero-order valence-corrected chi connectivity index (χ0v) is 9.89. The van der Waals surface area contributed by atoms with Gasteiger partial charge in [0, 0.05) is 17.5 Å². The highest BCUT2D eigenvalue weighted by molar-refractivity contribution is 7.08. The van der Waals surface area contributed by atoms with E-state index in [1.165, 1.54) is 24.4 Å². The number of fused-ring (bicyclic) bond motifs is 1. The topological polar surface area (TPSA) is 43.6 Å². The normalized spacial score (nSPS) is 15.5. The van der Waals surface area contributed by atoms with E-state index in [1.807, 2.05) is 29.1 Å². The highest BCUT2D eigenvalue weighted by Crippen LogP contribution is 2.39. The van der Waals surface area contributed by atoms with E-state index in [4.69, 9.17) is 0 Å². The first-order valence-corrected chi connectivity index (χ1v) is 6.45. The fraction of sp³-hybridized carbons (Fsp3) is 0.250. The summed E-state index contributed by atoms with van der Waals surface area (Å²) in [5.41, 5.74) is 2.08. The van der Waals surface area contributed by atoms with Gasteiger partial charge in [-0.3, -0.25) is 4.57 Å². The second kappa shape index (κ2) is 3.37. The molecule has 84 valence electrons. The number of rotatable bonds is 2. The van der Waals surface area contributed by atoms with Crippen LogP contribution >= 0.6 is 11.5 Å². The van der Waals surface area contributed by atoms with Gasteiger partial charge in [0.05, 0.1) is 11.0 Å². The quantitative estimate of drug-likeness (QED) is 0.694. The molecule has 1 aliphatic rings. The van der Waals surface area contributed by atoms with Crippen molar-refractivity contribution in [1.82, 2.24) is 18.9 Å². The monoisotopic (exact) mass is 242 g/mol. The number of aromatic nitrogens is 4. The standard InChI is InChI=1S/C12H10N4S/c1-2-4-10-9(3-1)13-7-16(10)12-14-11(15-17-12)8-5-6-8/h1-4,7-8H,5-6H2. The molecule has 2 heterocycles. The minimum atomic E-state index is 0.606. The summed E-state index contributed by atoms with van der Waals surface area (Å²) >= 11 is 1.45. The van der Waals surface area contributed by atoms with Crippen LogP contribution in [0.15, 0.2) is 30.6 Å². The molecule has 0 bridgehead atoms. The summed E-state index contributed by atoms with van der Waals surface area (Å²) in [7, 11) is 0. The van der Waals surface area contributed by atoms with Crippen molar-refractivity contribution in [3.05, 3.63) is 36.4 Å². The van der Waals surface area contributed by atoms with Gasteiger partial charge in [0.2, 0.25) is 5.13 Å². The molecular weight excluding hydrogens is 232 g/mol. The van der Waals surface area contributed by atoms with Gasteiger partial charge in [-0.1, -0.05) is 12.1 Å². The fourth-order valence-electron chi connectivity index (χ4n) is 1.94. The Morgan fingerprint density at radius 3 is 3.00 bits per heavy atom. The minimum Gasteiger partial charge on any atom is -0.273 e. The van der Waals surface area contributed by atoms with Crippen LogP contribution in [-0.2, 0) is 0 Å². The summed E-state index contributed by atoms with van der Waals surface area (Å²) in [4.78, 5) is 8.96. The predicted molar refractivity (Wildman–Crippen MR) is 66.5 cm³/mol. The summed E-state index contributed by atoms with van der Waals surface area (Å²) in [6, 6.07) is 8.08. The maximum atomic E-state index is 4.60. The molecule has 0 spiro atoms. The van der Waals surface area contributed by atoms with Crippen molar-refractivity contribution >= 4 is 22.6 Å². The average Bonchev–Trinajstić information content (AvgIpc) is 2.95. The zero-order valence-electron chi connectivity index (χ0n) is 9.08. The Kier molecular flexibility index (Phi) is 1.84. The van der Waals surface area contributed by atoms with E-state index in [0.29, 0.717) is 5.92 Å². The number of nitrogens with zero attached hydrogens (tertiary/aromatic N) is 4. The molecule has 3 aromatic rings. The fourth-order valence-corrected chi connectivity index (χ4v) is 2.68. The van der Waals surface area contributed by atoms with Crippen LogP contribution in [0.5, 0.6) is 0 Å². The van der Waals surface area contributed by atoms with E-state index in [0.717, 1.165) is 22.0 Å². The highest BCUT2D eigenvalue weighted by atomic mass is 32.1. The number of hydrogen-bond acceptors (Lipinski definition) is 4. The first kappa shape index (κ1) is 9.30. The average molecular weight is 242 g/mol. The first-order valence-electron chi connectivity index (χ1n) is 5.68. The Morgan fingerprint density at radius 1 is 1.24 bits per heavy atom. The van der Waals surface area contributed by atoms with Gasteiger partial charge in [-0.15, -0.1) is 0 Å². The van der Waals surface area contributed by atoms with Gasteiger partial charge < -0.3 is 0 Å². The molecule has 1 saturated carbocycles. The Morgan fingerprint density at radius 2 is 2.12 bits per heavy atom. The Hall–Kier alpha value is -1.75. The largest absolute Gasteiger partial charge is 0.273 e. The van der Waals surface area contributed by atoms with Gasteiger partial charge in [0.25, 0.3) is 0 Å². The molecule has 0 aliphatic heterocycles. The maximum Gasteiger partial charge on any atom is 0.215 e. The van der Waals surface area contributed by atoms with Crippen LogP contribution in [0.3, 0.4) is 0 Å². The van der Waals surface area contributed by atoms with Gasteiger partial charge in [0.1, 0.15) is 12.2 Å². The van der Waals surface area contributed by atoms with Crippen LogP contribution < -0.4 is 0 Å². The lowest BCUT2D eigenvalue weighted by molar-refractivity contribution is 0.954. The van der Waals surface area contributed by atoms with Crippen LogP contribution in [0.25, 0.3) is 16.2 Å². The second-order valence-corrected chi connectivity index (χ2v) is 5.04. The maximum absolute atomic E-state index is 4.60. The molecule has 5 heteroatoms. The van der Waals surface area contributed by atoms with E-state index in [1.54, 1.807) is 0 Å². The molecule has 4 rings (SSSR count). The molecule has 1 aromatic carbocycles. The third-order valence-electron chi connectivity index (χ3n) is 3.03. The van der Waals surface area contributed by atoms with Gasteiger partial charge in [0.15, 0.2) is 0 Å². The lowest BCUT2D eigenvalue weighted by Gasteiger charge is -1.96. The molecule has 0 radical (unpaired) electrons. The van der Waals surface area contributed by atoms with Gasteiger partial charge >= 0.3 is 0 Å². The molecule has 0 N–H and O–H groups in total. The van der Waals surface area contributed by atoms with Crippen molar-refractivity contribution in [2.75, 3.05) is 0 Å².